The lowest BCUT2D eigenvalue weighted by molar-refractivity contribution is 0.600. The lowest BCUT2D eigenvalue weighted by Gasteiger charge is -2.06. The van der Waals surface area contributed by atoms with Crippen LogP contribution in [0.4, 0.5) is 5.69 Å². The molecule has 0 amide bonds. The zero-order chi connectivity index (χ0) is 13.0. The lowest BCUT2D eigenvalue weighted by atomic mass is 10.4. The predicted octanol–water partition coefficient (Wildman–Crippen LogP) is 1.23. The van der Waals surface area contributed by atoms with Crippen molar-refractivity contribution < 1.29 is 8.42 Å². The topological polar surface area (TPSA) is 84.8 Å². The van der Waals surface area contributed by atoms with E-state index in [-0.39, 0.29) is 4.90 Å². The summed E-state index contributed by atoms with van der Waals surface area (Å²) in [5.74, 6) is 0.666. The Morgan fingerprint density at radius 2 is 1.94 bits per heavy atom. The molecule has 0 aliphatic carbocycles. The van der Waals surface area contributed by atoms with Crippen molar-refractivity contribution in [1.29, 1.82) is 0 Å². The molecule has 0 saturated heterocycles. The van der Waals surface area contributed by atoms with Crippen LogP contribution in [0, 0.1) is 0 Å². The minimum atomic E-state index is -3.63. The summed E-state index contributed by atoms with van der Waals surface area (Å²) >= 11 is 0. The first kappa shape index (κ1) is 12.4. The predicted molar refractivity (Wildman–Crippen MR) is 66.5 cm³/mol. The number of nitrogens with one attached hydrogen (secondary N) is 1. The zero-order valence-corrected chi connectivity index (χ0v) is 10.6. The van der Waals surface area contributed by atoms with Crippen LogP contribution in [0.2, 0.25) is 0 Å². The van der Waals surface area contributed by atoms with Gasteiger partial charge in [-0.15, -0.1) is 0 Å². The summed E-state index contributed by atoms with van der Waals surface area (Å²) in [6.07, 6.45) is 6.39. The second-order valence-corrected chi connectivity index (χ2v) is 5.22. The van der Waals surface area contributed by atoms with Crippen molar-refractivity contribution in [3.8, 4) is 0 Å². The number of nitrogens with zero attached hydrogens (tertiary/aromatic N) is 3. The van der Waals surface area contributed by atoms with E-state index in [9.17, 15) is 8.42 Å². The van der Waals surface area contributed by atoms with Crippen molar-refractivity contribution in [2.75, 3.05) is 4.72 Å². The first-order valence-corrected chi connectivity index (χ1v) is 6.84. The van der Waals surface area contributed by atoms with E-state index in [2.05, 4.69) is 19.7 Å². The van der Waals surface area contributed by atoms with Crippen molar-refractivity contribution in [2.24, 2.45) is 0 Å². The van der Waals surface area contributed by atoms with Crippen LogP contribution in [0.3, 0.4) is 0 Å². The van der Waals surface area contributed by atoms with Crippen LogP contribution >= 0.6 is 0 Å². The van der Waals surface area contributed by atoms with Gasteiger partial charge in [0.25, 0.3) is 10.0 Å². The Morgan fingerprint density at radius 3 is 2.50 bits per heavy atom. The summed E-state index contributed by atoms with van der Waals surface area (Å²) < 4.78 is 26.3. The molecule has 6 nitrogen and oxygen atoms in total. The third kappa shape index (κ3) is 2.80. The second kappa shape index (κ2) is 5.09. The number of anilines is 1. The largest absolute Gasteiger partial charge is 0.276 e. The molecular weight excluding hydrogens is 252 g/mol. The van der Waals surface area contributed by atoms with Gasteiger partial charge in [0.05, 0.1) is 18.1 Å². The van der Waals surface area contributed by atoms with E-state index < -0.39 is 10.0 Å². The highest BCUT2D eigenvalue weighted by atomic mass is 32.2. The SMILES string of the molecule is CCc1ncc(NS(=O)(=O)c2cccnc2)cn1. The van der Waals surface area contributed by atoms with Crippen LogP contribution in [-0.4, -0.2) is 23.4 Å². The summed E-state index contributed by atoms with van der Waals surface area (Å²) in [4.78, 5) is 11.9. The summed E-state index contributed by atoms with van der Waals surface area (Å²) in [5, 5.41) is 0. The Hall–Kier alpha value is -2.02. The van der Waals surface area contributed by atoms with Gasteiger partial charge in [-0.1, -0.05) is 6.92 Å². The average Bonchev–Trinajstić information content (AvgIpc) is 2.40. The van der Waals surface area contributed by atoms with E-state index in [1.54, 1.807) is 6.07 Å². The molecule has 2 aromatic rings. The fourth-order valence-corrected chi connectivity index (χ4v) is 2.30. The molecule has 94 valence electrons. The average molecular weight is 264 g/mol. The zero-order valence-electron chi connectivity index (χ0n) is 9.74. The molecule has 0 bridgehead atoms. The van der Waals surface area contributed by atoms with Gasteiger partial charge in [0, 0.05) is 18.8 Å². The van der Waals surface area contributed by atoms with E-state index in [0.29, 0.717) is 17.9 Å². The van der Waals surface area contributed by atoms with Gasteiger partial charge >= 0.3 is 0 Å². The monoisotopic (exact) mass is 264 g/mol. The summed E-state index contributed by atoms with van der Waals surface area (Å²) in [7, 11) is -3.63. The van der Waals surface area contributed by atoms with Gasteiger partial charge in [0.2, 0.25) is 0 Å². The molecule has 0 saturated carbocycles. The van der Waals surface area contributed by atoms with Gasteiger partial charge in [-0.3, -0.25) is 9.71 Å². The second-order valence-electron chi connectivity index (χ2n) is 3.54. The highest BCUT2D eigenvalue weighted by Crippen LogP contribution is 2.13. The van der Waals surface area contributed by atoms with Crippen LogP contribution in [0.5, 0.6) is 0 Å². The summed E-state index contributed by atoms with van der Waals surface area (Å²) in [6.45, 7) is 1.93. The third-order valence-electron chi connectivity index (χ3n) is 2.22. The molecule has 0 spiro atoms. The number of rotatable bonds is 4. The Balaban J connectivity index is 2.22. The first-order valence-electron chi connectivity index (χ1n) is 5.35. The van der Waals surface area contributed by atoms with Crippen molar-refractivity contribution in [2.45, 2.75) is 18.2 Å². The van der Waals surface area contributed by atoms with E-state index in [1.165, 1.54) is 30.9 Å². The molecule has 7 heteroatoms. The minimum absolute atomic E-state index is 0.101. The molecule has 1 N–H and O–H groups in total. The number of sulfonamides is 1. The molecule has 0 aliphatic rings. The van der Waals surface area contributed by atoms with Gasteiger partial charge < -0.3 is 0 Å². The highest BCUT2D eigenvalue weighted by molar-refractivity contribution is 7.92. The molecule has 0 radical (unpaired) electrons. The van der Waals surface area contributed by atoms with Crippen LogP contribution in [0.1, 0.15) is 12.7 Å². The van der Waals surface area contributed by atoms with Gasteiger partial charge in [-0.25, -0.2) is 18.4 Å². The van der Waals surface area contributed by atoms with Gasteiger partial charge in [0.15, 0.2) is 0 Å². The Kier molecular flexibility index (Phi) is 3.52. The van der Waals surface area contributed by atoms with Crippen LogP contribution in [0.25, 0.3) is 0 Å². The van der Waals surface area contributed by atoms with Gasteiger partial charge in [0.1, 0.15) is 10.7 Å². The van der Waals surface area contributed by atoms with Crippen LogP contribution < -0.4 is 4.72 Å². The Bertz CT molecular complexity index is 611. The molecule has 2 rings (SSSR count). The summed E-state index contributed by atoms with van der Waals surface area (Å²) in [5.41, 5.74) is 0.330. The fraction of sp³-hybridized carbons (Fsp3) is 0.182. The normalized spacial score (nSPS) is 11.2. The molecular formula is C11H12N4O2S. The number of hydrogen-bond acceptors (Lipinski definition) is 5. The fourth-order valence-electron chi connectivity index (χ4n) is 1.31. The number of aromatic nitrogens is 3. The maximum Gasteiger partial charge on any atom is 0.263 e. The van der Waals surface area contributed by atoms with E-state index in [4.69, 9.17) is 0 Å². The molecule has 0 fully saturated rings. The number of aryl methyl sites for hydroxylation is 1. The lowest BCUT2D eigenvalue weighted by Crippen LogP contribution is -2.13. The van der Waals surface area contributed by atoms with E-state index in [0.717, 1.165) is 0 Å². The quantitative estimate of drug-likeness (QED) is 0.897. The molecule has 2 aromatic heterocycles. The maximum atomic E-state index is 11.9. The smallest absolute Gasteiger partial charge is 0.263 e. The first-order chi connectivity index (χ1) is 8.62. The number of hydrogen-bond donors (Lipinski definition) is 1. The van der Waals surface area contributed by atoms with E-state index in [1.807, 2.05) is 6.92 Å². The third-order valence-corrected chi connectivity index (χ3v) is 3.58. The Labute approximate surface area is 105 Å². The van der Waals surface area contributed by atoms with E-state index >= 15 is 0 Å². The van der Waals surface area contributed by atoms with Crippen LogP contribution in [-0.2, 0) is 16.4 Å². The van der Waals surface area contributed by atoms with Crippen LogP contribution in [0.15, 0.2) is 41.8 Å². The molecule has 18 heavy (non-hydrogen) atoms. The minimum Gasteiger partial charge on any atom is -0.276 e. The molecule has 2 heterocycles. The summed E-state index contributed by atoms with van der Waals surface area (Å²) in [6, 6.07) is 3.03. The molecule has 0 unspecified atom stereocenters. The van der Waals surface area contributed by atoms with Crippen molar-refractivity contribution >= 4 is 15.7 Å². The molecule has 0 aromatic carbocycles. The standard InChI is InChI=1S/C11H12N4O2S/c1-2-11-13-6-9(7-14-11)15-18(16,17)10-4-3-5-12-8-10/h3-8,15H,2H2,1H3. The van der Waals surface area contributed by atoms with Gasteiger partial charge in [-0.2, -0.15) is 0 Å². The number of pyridine rings is 1. The Morgan fingerprint density at radius 1 is 1.22 bits per heavy atom. The molecule has 0 aliphatic heterocycles. The van der Waals surface area contributed by atoms with Crippen molar-refractivity contribution in [3.05, 3.63) is 42.7 Å². The van der Waals surface area contributed by atoms with Gasteiger partial charge in [-0.05, 0) is 12.1 Å². The van der Waals surface area contributed by atoms with Crippen molar-refractivity contribution in [3.63, 3.8) is 0 Å². The molecule has 0 atom stereocenters. The highest BCUT2D eigenvalue weighted by Gasteiger charge is 2.14. The maximum absolute atomic E-state index is 11.9. The van der Waals surface area contributed by atoms with Crippen molar-refractivity contribution in [1.82, 2.24) is 15.0 Å².